The summed E-state index contributed by atoms with van der Waals surface area (Å²) in [6, 6.07) is 15.7. The van der Waals surface area contributed by atoms with Crippen LogP contribution in [0.25, 0.3) is 0 Å². The summed E-state index contributed by atoms with van der Waals surface area (Å²) in [4.78, 5) is 12.9. The van der Waals surface area contributed by atoms with Crippen molar-refractivity contribution in [3.8, 4) is 11.5 Å². The van der Waals surface area contributed by atoms with Crippen LogP contribution in [0, 0.1) is 17.8 Å². The van der Waals surface area contributed by atoms with Crippen LogP contribution in [0.15, 0.2) is 48.5 Å². The lowest BCUT2D eigenvalue weighted by Crippen LogP contribution is -2.45. The van der Waals surface area contributed by atoms with E-state index >= 15 is 0 Å². The maximum Gasteiger partial charge on any atom is 0.225 e. The summed E-state index contributed by atoms with van der Waals surface area (Å²) in [5.74, 6) is 2.36. The molecule has 2 aliphatic rings. The van der Waals surface area contributed by atoms with Crippen molar-refractivity contribution in [2.24, 2.45) is 23.5 Å². The first-order chi connectivity index (χ1) is 14.1. The number of hydrogen-bond donors (Lipinski definition) is 2. The fourth-order valence-electron chi connectivity index (χ4n) is 4.93. The second-order valence-electron chi connectivity index (χ2n) is 8.35. The zero-order valence-corrected chi connectivity index (χ0v) is 18.4. The third-order valence-electron chi connectivity index (χ3n) is 6.57. The first kappa shape index (κ1) is 22.4. The molecule has 2 aromatic rings. The van der Waals surface area contributed by atoms with Crippen LogP contribution in [0.3, 0.4) is 0 Å². The Hall–Kier alpha value is -2.24. The van der Waals surface area contributed by atoms with Crippen molar-refractivity contribution in [3.63, 3.8) is 0 Å². The molecule has 162 valence electrons. The predicted molar refractivity (Wildman–Crippen MR) is 120 cm³/mol. The Labute approximate surface area is 184 Å². The monoisotopic (exact) mass is 430 g/mol. The van der Waals surface area contributed by atoms with Gasteiger partial charge in [-0.15, -0.1) is 12.4 Å². The Morgan fingerprint density at radius 1 is 1.13 bits per heavy atom. The highest BCUT2D eigenvalue weighted by atomic mass is 35.5. The van der Waals surface area contributed by atoms with Gasteiger partial charge in [0.2, 0.25) is 5.91 Å². The number of nitrogens with two attached hydrogens (primary N) is 1. The van der Waals surface area contributed by atoms with E-state index in [1.54, 1.807) is 7.11 Å². The summed E-state index contributed by atoms with van der Waals surface area (Å²) < 4.78 is 11.5. The smallest absolute Gasteiger partial charge is 0.225 e. The Kier molecular flexibility index (Phi) is 7.27. The normalized spacial score (nSPS) is 25.3. The fraction of sp³-hybridized carbons (Fsp3) is 0.458. The lowest BCUT2D eigenvalue weighted by atomic mass is 9.84. The van der Waals surface area contributed by atoms with Crippen molar-refractivity contribution in [1.29, 1.82) is 0 Å². The van der Waals surface area contributed by atoms with Gasteiger partial charge in [-0.25, -0.2) is 0 Å². The number of halogens is 1. The van der Waals surface area contributed by atoms with E-state index in [-0.39, 0.29) is 36.3 Å². The van der Waals surface area contributed by atoms with Gasteiger partial charge in [0.1, 0.15) is 6.61 Å². The minimum atomic E-state index is -0.120. The molecule has 3 N–H and O–H groups in total. The van der Waals surface area contributed by atoms with Crippen molar-refractivity contribution >= 4 is 18.3 Å². The second kappa shape index (κ2) is 9.71. The highest BCUT2D eigenvalue weighted by molar-refractivity contribution is 5.85. The largest absolute Gasteiger partial charge is 0.493 e. The highest BCUT2D eigenvalue weighted by Gasteiger charge is 2.49. The number of ether oxygens (including phenoxy) is 2. The van der Waals surface area contributed by atoms with Gasteiger partial charge in [-0.1, -0.05) is 36.4 Å². The van der Waals surface area contributed by atoms with Crippen molar-refractivity contribution in [1.82, 2.24) is 5.32 Å². The van der Waals surface area contributed by atoms with Crippen LogP contribution < -0.4 is 20.5 Å². The van der Waals surface area contributed by atoms with E-state index in [4.69, 9.17) is 15.2 Å². The lowest BCUT2D eigenvalue weighted by Gasteiger charge is -2.28. The van der Waals surface area contributed by atoms with Crippen LogP contribution in [0.2, 0.25) is 0 Å². The number of methoxy groups -OCH3 is 1. The summed E-state index contributed by atoms with van der Waals surface area (Å²) in [5, 5.41) is 3.17. The van der Waals surface area contributed by atoms with Gasteiger partial charge in [-0.05, 0) is 61.3 Å². The molecule has 2 aromatic carbocycles. The van der Waals surface area contributed by atoms with Crippen LogP contribution >= 0.6 is 12.4 Å². The second-order valence-corrected chi connectivity index (χ2v) is 8.35. The molecule has 2 aliphatic carbocycles. The Bertz CT molecular complexity index is 859. The Balaban J connectivity index is 0.00000256. The number of fused-ring (bicyclic) bond motifs is 2. The SMILES string of the molecule is COc1cc(C(C)NC(=O)C2C3CCC(C3)C2N)ccc1OCc1ccccc1.Cl. The van der Waals surface area contributed by atoms with Gasteiger partial charge >= 0.3 is 0 Å². The standard InChI is InChI=1S/C24H30N2O3.ClH/c1-15(26-24(27)22-18-8-9-19(12-18)23(22)25)17-10-11-20(21(13-17)28-2)29-14-16-6-4-3-5-7-16;/h3-7,10-11,13,15,18-19,22-23H,8-9,12,14,25H2,1-2H3,(H,26,27);1H. The Morgan fingerprint density at radius 3 is 2.53 bits per heavy atom. The molecule has 0 saturated heterocycles. The maximum atomic E-state index is 12.9. The van der Waals surface area contributed by atoms with E-state index in [9.17, 15) is 4.79 Å². The number of benzene rings is 2. The number of carbonyl (C=O) groups excluding carboxylic acids is 1. The molecule has 0 aliphatic heterocycles. The number of hydrogen-bond acceptors (Lipinski definition) is 4. The molecule has 2 bridgehead atoms. The quantitative estimate of drug-likeness (QED) is 0.688. The molecule has 1 amide bonds. The van der Waals surface area contributed by atoms with Gasteiger partial charge in [0, 0.05) is 6.04 Å². The molecule has 5 nitrogen and oxygen atoms in total. The third kappa shape index (κ3) is 4.57. The topological polar surface area (TPSA) is 73.6 Å². The van der Waals surface area contributed by atoms with Crippen molar-refractivity contribution < 1.29 is 14.3 Å². The maximum absolute atomic E-state index is 12.9. The number of carbonyl (C=O) groups is 1. The third-order valence-corrected chi connectivity index (χ3v) is 6.57. The van der Waals surface area contributed by atoms with Gasteiger partial charge in [-0.2, -0.15) is 0 Å². The molecular formula is C24H31ClN2O3. The van der Waals surface area contributed by atoms with Gasteiger partial charge in [0.25, 0.3) is 0 Å². The summed E-state index contributed by atoms with van der Waals surface area (Å²) in [7, 11) is 1.63. The molecule has 0 radical (unpaired) electrons. The average molecular weight is 431 g/mol. The predicted octanol–water partition coefficient (Wildman–Crippen LogP) is 4.25. The van der Waals surface area contributed by atoms with Crippen molar-refractivity contribution in [2.45, 2.75) is 44.9 Å². The lowest BCUT2D eigenvalue weighted by molar-refractivity contribution is -0.127. The van der Waals surface area contributed by atoms with Crippen molar-refractivity contribution in [3.05, 3.63) is 59.7 Å². The van der Waals surface area contributed by atoms with E-state index in [1.165, 1.54) is 6.42 Å². The zero-order valence-electron chi connectivity index (χ0n) is 17.5. The highest BCUT2D eigenvalue weighted by Crippen LogP contribution is 2.47. The fourth-order valence-corrected chi connectivity index (χ4v) is 4.93. The van der Waals surface area contributed by atoms with Gasteiger partial charge in [-0.3, -0.25) is 4.79 Å². The zero-order chi connectivity index (χ0) is 20.4. The Morgan fingerprint density at radius 2 is 1.87 bits per heavy atom. The van der Waals surface area contributed by atoms with Gasteiger partial charge < -0.3 is 20.5 Å². The van der Waals surface area contributed by atoms with Crippen molar-refractivity contribution in [2.75, 3.05) is 7.11 Å². The molecule has 4 rings (SSSR count). The molecule has 2 saturated carbocycles. The summed E-state index contributed by atoms with van der Waals surface area (Å²) in [6.45, 7) is 2.47. The molecular weight excluding hydrogens is 400 g/mol. The van der Waals surface area contributed by atoms with Crippen LogP contribution in [0.1, 0.15) is 43.4 Å². The molecule has 6 heteroatoms. The minimum Gasteiger partial charge on any atom is -0.493 e. The minimum absolute atomic E-state index is 0. The molecule has 5 atom stereocenters. The number of nitrogens with one attached hydrogen (secondary N) is 1. The molecule has 0 heterocycles. The summed E-state index contributed by atoms with van der Waals surface area (Å²) in [5.41, 5.74) is 8.41. The van der Waals surface area contributed by atoms with E-state index in [2.05, 4.69) is 5.32 Å². The molecule has 0 aromatic heterocycles. The first-order valence-electron chi connectivity index (χ1n) is 10.5. The van der Waals surface area contributed by atoms with Crippen LogP contribution in [-0.2, 0) is 11.4 Å². The molecule has 2 fully saturated rings. The summed E-state index contributed by atoms with van der Waals surface area (Å²) in [6.07, 6.45) is 3.41. The first-order valence-corrected chi connectivity index (χ1v) is 10.5. The molecule has 5 unspecified atom stereocenters. The van der Waals surface area contributed by atoms with Crippen LogP contribution in [-0.4, -0.2) is 19.1 Å². The van der Waals surface area contributed by atoms with E-state index < -0.39 is 0 Å². The summed E-state index contributed by atoms with van der Waals surface area (Å²) >= 11 is 0. The molecule has 0 spiro atoms. The van der Waals surface area contributed by atoms with Crippen LogP contribution in [0.4, 0.5) is 0 Å². The van der Waals surface area contributed by atoms with Gasteiger partial charge in [0.05, 0.1) is 19.1 Å². The van der Waals surface area contributed by atoms with E-state index in [0.29, 0.717) is 29.9 Å². The van der Waals surface area contributed by atoms with Gasteiger partial charge in [0.15, 0.2) is 11.5 Å². The average Bonchev–Trinajstić information content (AvgIpc) is 3.34. The molecule has 30 heavy (non-hydrogen) atoms. The number of amides is 1. The van der Waals surface area contributed by atoms with Crippen LogP contribution in [0.5, 0.6) is 11.5 Å². The number of rotatable bonds is 7. The van der Waals surface area contributed by atoms with E-state index in [0.717, 1.165) is 24.0 Å². The van der Waals surface area contributed by atoms with E-state index in [1.807, 2.05) is 55.5 Å².